The van der Waals surface area contributed by atoms with Crippen LogP contribution in [0.4, 0.5) is 5.82 Å². The molecule has 7 nitrogen and oxygen atoms in total. The number of fused-ring (bicyclic) bond motifs is 2. The van der Waals surface area contributed by atoms with Crippen molar-refractivity contribution in [3.63, 3.8) is 0 Å². The predicted molar refractivity (Wildman–Crippen MR) is 154 cm³/mol. The van der Waals surface area contributed by atoms with Gasteiger partial charge in [-0.15, -0.1) is 0 Å². The minimum absolute atomic E-state index is 0.433. The van der Waals surface area contributed by atoms with Crippen LogP contribution in [0.15, 0.2) is 67.1 Å². The number of nitrogens with zero attached hydrogens (tertiary/aromatic N) is 6. The van der Waals surface area contributed by atoms with Gasteiger partial charge in [-0.1, -0.05) is 35.9 Å². The van der Waals surface area contributed by atoms with Crippen LogP contribution in [0.25, 0.3) is 27.7 Å². The van der Waals surface area contributed by atoms with E-state index < -0.39 is 0 Å². The molecule has 2 aromatic carbocycles. The molecule has 0 amide bonds. The third kappa shape index (κ3) is 4.06. The summed E-state index contributed by atoms with van der Waals surface area (Å²) in [5.41, 5.74) is 11.6. The Balaban J connectivity index is 1.20. The molecular weight excluding hydrogens is 494 g/mol. The Labute approximate surface area is 227 Å². The van der Waals surface area contributed by atoms with Crippen LogP contribution in [-0.4, -0.2) is 68.0 Å². The first-order valence-corrected chi connectivity index (χ1v) is 13.8. The number of anilines is 1. The van der Waals surface area contributed by atoms with Crippen LogP contribution < -0.4 is 5.73 Å². The zero-order chi connectivity index (χ0) is 25.8. The van der Waals surface area contributed by atoms with Crippen molar-refractivity contribution in [1.29, 1.82) is 0 Å². The van der Waals surface area contributed by atoms with Crippen molar-refractivity contribution in [1.82, 2.24) is 28.7 Å². The summed E-state index contributed by atoms with van der Waals surface area (Å²) in [7, 11) is 2.21. The number of aromatic nitrogens is 4. The largest absolute Gasteiger partial charge is 0.382 e. The number of piperazine rings is 1. The van der Waals surface area contributed by atoms with Crippen LogP contribution in [0.3, 0.4) is 0 Å². The smallest absolute Gasteiger partial charge is 0.150 e. The number of hydrogen-bond donors (Lipinski definition) is 1. The molecule has 194 valence electrons. The molecule has 2 N–H and O–H groups in total. The molecule has 0 unspecified atom stereocenters. The fourth-order valence-corrected chi connectivity index (χ4v) is 6.35. The fourth-order valence-electron chi connectivity index (χ4n) is 6.16. The number of rotatable bonds is 5. The first kappa shape index (κ1) is 23.7. The standard InChI is InChI=1S/C30H32ClN7/c1-35-12-14-36(15-13-35)24-17-23(18-24)30-34-27(28-29(32)33-9-11-38(28)30)21-6-7-26-20(16-21)8-10-37(26)19-22-4-2-3-5-25(22)31/h2-11,16,23-24H,12-15,17-19H2,1H3,(H2,32,33). The molecule has 38 heavy (non-hydrogen) atoms. The minimum atomic E-state index is 0.433. The summed E-state index contributed by atoms with van der Waals surface area (Å²) in [5.74, 6) is 2.06. The Morgan fingerprint density at radius 2 is 1.82 bits per heavy atom. The molecule has 0 radical (unpaired) electrons. The number of nitrogen functional groups attached to an aromatic ring is 1. The molecule has 8 heteroatoms. The predicted octanol–water partition coefficient (Wildman–Crippen LogP) is 5.13. The molecule has 0 spiro atoms. The van der Waals surface area contributed by atoms with Crippen LogP contribution in [0.1, 0.15) is 30.1 Å². The molecule has 4 heterocycles. The van der Waals surface area contributed by atoms with E-state index in [2.05, 4.69) is 67.3 Å². The van der Waals surface area contributed by atoms with Crippen molar-refractivity contribution in [3.05, 3.63) is 83.5 Å². The molecule has 0 atom stereocenters. The lowest BCUT2D eigenvalue weighted by molar-refractivity contribution is 0.0586. The summed E-state index contributed by atoms with van der Waals surface area (Å²) in [6, 6.07) is 17.4. The van der Waals surface area contributed by atoms with Gasteiger partial charge in [0, 0.05) is 84.8 Å². The molecule has 5 aromatic rings. The van der Waals surface area contributed by atoms with Gasteiger partial charge in [0.1, 0.15) is 22.9 Å². The van der Waals surface area contributed by atoms with Gasteiger partial charge in [0.05, 0.1) is 0 Å². The SMILES string of the molecule is CN1CCN(C2CC(c3nc(-c4ccc5c(ccn5Cc5ccccc5Cl)c4)c4c(N)nccn34)C2)CC1. The molecule has 2 aliphatic rings. The fraction of sp³-hybridized carbons (Fsp3) is 0.333. The Bertz CT molecular complexity index is 1620. The first-order chi connectivity index (χ1) is 18.5. The van der Waals surface area contributed by atoms with Gasteiger partial charge in [-0.05, 0) is 49.7 Å². The van der Waals surface area contributed by atoms with Gasteiger partial charge < -0.3 is 15.2 Å². The number of benzene rings is 2. The summed E-state index contributed by atoms with van der Waals surface area (Å²) >= 11 is 6.43. The first-order valence-electron chi connectivity index (χ1n) is 13.4. The van der Waals surface area contributed by atoms with E-state index in [1.807, 2.05) is 24.4 Å². The molecule has 2 fully saturated rings. The average molecular weight is 526 g/mol. The molecule has 1 saturated heterocycles. The molecular formula is C30H32ClN7. The van der Waals surface area contributed by atoms with Gasteiger partial charge in [0.25, 0.3) is 0 Å². The highest BCUT2D eigenvalue weighted by atomic mass is 35.5. The second-order valence-electron chi connectivity index (χ2n) is 10.8. The van der Waals surface area contributed by atoms with Crippen molar-refractivity contribution < 1.29 is 0 Å². The third-order valence-electron chi connectivity index (χ3n) is 8.49. The van der Waals surface area contributed by atoms with Crippen LogP contribution in [0.5, 0.6) is 0 Å². The molecule has 1 aliphatic carbocycles. The minimum Gasteiger partial charge on any atom is -0.382 e. The van der Waals surface area contributed by atoms with Crippen LogP contribution >= 0.6 is 11.6 Å². The van der Waals surface area contributed by atoms with E-state index in [0.29, 0.717) is 17.8 Å². The zero-order valence-electron chi connectivity index (χ0n) is 21.6. The van der Waals surface area contributed by atoms with Gasteiger partial charge >= 0.3 is 0 Å². The van der Waals surface area contributed by atoms with Gasteiger partial charge in [-0.25, -0.2) is 9.97 Å². The average Bonchev–Trinajstić information content (AvgIpc) is 3.48. The van der Waals surface area contributed by atoms with Gasteiger partial charge in [0.15, 0.2) is 0 Å². The maximum absolute atomic E-state index is 6.44. The third-order valence-corrected chi connectivity index (χ3v) is 8.85. The summed E-state index contributed by atoms with van der Waals surface area (Å²) in [6.07, 6.45) is 8.21. The maximum Gasteiger partial charge on any atom is 0.150 e. The summed E-state index contributed by atoms with van der Waals surface area (Å²) in [4.78, 5) is 14.7. The van der Waals surface area contributed by atoms with Crippen LogP contribution in [0, 0.1) is 0 Å². The highest BCUT2D eigenvalue weighted by Gasteiger charge is 2.38. The lowest BCUT2D eigenvalue weighted by Crippen LogP contribution is -2.52. The Morgan fingerprint density at radius 1 is 1.00 bits per heavy atom. The normalized spacial score (nSPS) is 20.8. The van der Waals surface area contributed by atoms with E-state index in [1.165, 1.54) is 5.39 Å². The van der Waals surface area contributed by atoms with E-state index in [4.69, 9.17) is 22.3 Å². The summed E-state index contributed by atoms with van der Waals surface area (Å²) < 4.78 is 4.41. The highest BCUT2D eigenvalue weighted by Crippen LogP contribution is 2.42. The van der Waals surface area contributed by atoms with Crippen molar-refractivity contribution in [2.45, 2.75) is 31.3 Å². The maximum atomic E-state index is 6.44. The Hall–Kier alpha value is -3.39. The number of likely N-dealkylation sites (N-methyl/N-ethyl adjacent to an activating group) is 1. The second kappa shape index (κ2) is 9.42. The number of nitrogens with two attached hydrogens (primary N) is 1. The van der Waals surface area contributed by atoms with Crippen molar-refractivity contribution >= 4 is 33.8 Å². The number of hydrogen-bond acceptors (Lipinski definition) is 5. The summed E-state index contributed by atoms with van der Waals surface area (Å²) in [6.45, 7) is 5.36. The number of halogens is 1. The van der Waals surface area contributed by atoms with Crippen molar-refractivity contribution in [2.24, 2.45) is 0 Å². The highest BCUT2D eigenvalue weighted by molar-refractivity contribution is 6.31. The lowest BCUT2D eigenvalue weighted by Gasteiger charge is -2.45. The van der Waals surface area contributed by atoms with E-state index in [-0.39, 0.29) is 0 Å². The van der Waals surface area contributed by atoms with Gasteiger partial charge in [-0.2, -0.15) is 0 Å². The van der Waals surface area contributed by atoms with E-state index in [0.717, 1.165) is 84.3 Å². The topological polar surface area (TPSA) is 67.6 Å². The number of imidazole rings is 1. The van der Waals surface area contributed by atoms with Crippen molar-refractivity contribution in [3.8, 4) is 11.3 Å². The molecule has 3 aromatic heterocycles. The second-order valence-corrected chi connectivity index (χ2v) is 11.2. The van der Waals surface area contributed by atoms with Crippen LogP contribution in [0.2, 0.25) is 5.02 Å². The Kier molecular flexibility index (Phi) is 5.87. The van der Waals surface area contributed by atoms with Crippen LogP contribution in [-0.2, 0) is 6.54 Å². The van der Waals surface area contributed by atoms with E-state index in [1.54, 1.807) is 6.20 Å². The quantitative estimate of drug-likeness (QED) is 0.344. The Morgan fingerprint density at radius 3 is 2.63 bits per heavy atom. The summed E-state index contributed by atoms with van der Waals surface area (Å²) in [5, 5.41) is 1.95. The molecule has 1 saturated carbocycles. The molecule has 0 bridgehead atoms. The zero-order valence-corrected chi connectivity index (χ0v) is 22.3. The van der Waals surface area contributed by atoms with E-state index in [9.17, 15) is 0 Å². The molecule has 1 aliphatic heterocycles. The lowest BCUT2D eigenvalue weighted by atomic mass is 9.78. The van der Waals surface area contributed by atoms with Crippen molar-refractivity contribution in [2.75, 3.05) is 39.0 Å². The van der Waals surface area contributed by atoms with E-state index >= 15 is 0 Å². The monoisotopic (exact) mass is 525 g/mol. The van der Waals surface area contributed by atoms with Gasteiger partial charge in [-0.3, -0.25) is 9.30 Å². The van der Waals surface area contributed by atoms with Gasteiger partial charge in [0.2, 0.25) is 0 Å². The molecule has 7 rings (SSSR count).